The molecule has 0 aliphatic carbocycles. The van der Waals surface area contributed by atoms with Gasteiger partial charge in [-0.3, -0.25) is 0 Å². The summed E-state index contributed by atoms with van der Waals surface area (Å²) in [5, 5.41) is 4.38. The van der Waals surface area contributed by atoms with Crippen molar-refractivity contribution in [1.29, 1.82) is 0 Å². The van der Waals surface area contributed by atoms with Crippen molar-refractivity contribution in [1.82, 2.24) is 9.97 Å². The van der Waals surface area contributed by atoms with Crippen molar-refractivity contribution < 1.29 is 18.9 Å². The minimum absolute atomic E-state index is 0.235. The van der Waals surface area contributed by atoms with Crippen LogP contribution in [0.5, 0.6) is 17.2 Å². The second-order valence-electron chi connectivity index (χ2n) is 6.88. The van der Waals surface area contributed by atoms with Crippen LogP contribution in [0.3, 0.4) is 0 Å². The van der Waals surface area contributed by atoms with Gasteiger partial charge in [-0.25, -0.2) is 9.97 Å². The third-order valence-corrected chi connectivity index (χ3v) is 5.15. The number of nitrogens with one attached hydrogen (secondary N) is 1. The summed E-state index contributed by atoms with van der Waals surface area (Å²) in [4.78, 5) is 8.85. The molecule has 1 fully saturated rings. The summed E-state index contributed by atoms with van der Waals surface area (Å²) in [6, 6.07) is 9.97. The molecule has 3 aromatic rings. The molecule has 0 amide bonds. The van der Waals surface area contributed by atoms with Crippen LogP contribution in [0.25, 0.3) is 22.0 Å². The molecule has 29 heavy (non-hydrogen) atoms. The standard InChI is InChI=1S/C22H25N3O4/c1-26-19-10-15(11-20(27-2)21(19)28-3)14-6-7-18-17(9-14)22(25-13-24-18)23-12-16-5-4-8-29-16/h6-7,9-11,13,16H,4-5,8,12H2,1-3H3,(H,23,24,25). The number of aromatic nitrogens is 2. The van der Waals surface area contributed by atoms with Gasteiger partial charge >= 0.3 is 0 Å². The minimum Gasteiger partial charge on any atom is -0.493 e. The highest BCUT2D eigenvalue weighted by atomic mass is 16.5. The van der Waals surface area contributed by atoms with Crippen LogP contribution in [0, 0.1) is 0 Å². The zero-order valence-corrected chi connectivity index (χ0v) is 16.9. The van der Waals surface area contributed by atoms with Crippen molar-refractivity contribution in [2.45, 2.75) is 18.9 Å². The van der Waals surface area contributed by atoms with Gasteiger partial charge in [0.1, 0.15) is 12.1 Å². The lowest BCUT2D eigenvalue weighted by atomic mass is 10.0. The van der Waals surface area contributed by atoms with Crippen LogP contribution in [0.4, 0.5) is 5.82 Å². The van der Waals surface area contributed by atoms with Crippen molar-refractivity contribution in [3.8, 4) is 28.4 Å². The van der Waals surface area contributed by atoms with Crippen molar-refractivity contribution >= 4 is 16.7 Å². The summed E-state index contributed by atoms with van der Waals surface area (Å²) in [6.45, 7) is 1.57. The Morgan fingerprint density at radius 3 is 2.45 bits per heavy atom. The first-order valence-electron chi connectivity index (χ1n) is 9.64. The molecule has 1 aliphatic rings. The van der Waals surface area contributed by atoms with Crippen molar-refractivity contribution in [2.75, 3.05) is 39.8 Å². The van der Waals surface area contributed by atoms with Crippen molar-refractivity contribution in [2.24, 2.45) is 0 Å². The summed E-state index contributed by atoms with van der Waals surface area (Å²) < 4.78 is 22.1. The molecule has 0 saturated carbocycles. The zero-order valence-electron chi connectivity index (χ0n) is 16.9. The quantitative estimate of drug-likeness (QED) is 0.650. The highest BCUT2D eigenvalue weighted by molar-refractivity contribution is 5.92. The van der Waals surface area contributed by atoms with E-state index in [9.17, 15) is 0 Å². The molecule has 2 heterocycles. The Morgan fingerprint density at radius 2 is 1.79 bits per heavy atom. The Bertz CT molecular complexity index is 978. The van der Waals surface area contributed by atoms with E-state index in [0.717, 1.165) is 53.8 Å². The summed E-state index contributed by atoms with van der Waals surface area (Å²) >= 11 is 0. The van der Waals surface area contributed by atoms with Crippen LogP contribution in [-0.2, 0) is 4.74 Å². The summed E-state index contributed by atoms with van der Waals surface area (Å²) in [5.74, 6) is 2.60. The molecule has 7 heteroatoms. The lowest BCUT2D eigenvalue weighted by molar-refractivity contribution is 0.120. The first kappa shape index (κ1) is 19.3. The average Bonchev–Trinajstić information content (AvgIpc) is 3.29. The normalized spacial score (nSPS) is 16.0. The van der Waals surface area contributed by atoms with E-state index < -0.39 is 0 Å². The van der Waals surface area contributed by atoms with Gasteiger partial charge in [0, 0.05) is 18.5 Å². The van der Waals surface area contributed by atoms with E-state index in [2.05, 4.69) is 21.4 Å². The third-order valence-electron chi connectivity index (χ3n) is 5.15. The Labute approximate surface area is 170 Å². The number of hydrogen-bond acceptors (Lipinski definition) is 7. The van der Waals surface area contributed by atoms with E-state index >= 15 is 0 Å². The Balaban J connectivity index is 1.72. The number of fused-ring (bicyclic) bond motifs is 1. The minimum atomic E-state index is 0.235. The van der Waals surface area contributed by atoms with E-state index in [1.807, 2.05) is 24.3 Å². The second kappa shape index (κ2) is 8.53. The average molecular weight is 395 g/mol. The number of benzene rings is 2. The number of hydrogen-bond donors (Lipinski definition) is 1. The largest absolute Gasteiger partial charge is 0.493 e. The number of ether oxygens (including phenoxy) is 4. The molecule has 4 rings (SSSR count). The number of anilines is 1. The Kier molecular flexibility index (Phi) is 5.67. The number of methoxy groups -OCH3 is 3. The third kappa shape index (κ3) is 3.91. The first-order valence-corrected chi connectivity index (χ1v) is 9.64. The number of nitrogens with zero attached hydrogens (tertiary/aromatic N) is 2. The topological polar surface area (TPSA) is 74.7 Å². The van der Waals surface area contributed by atoms with Gasteiger partial charge in [-0.2, -0.15) is 0 Å². The number of rotatable bonds is 7. The first-order chi connectivity index (χ1) is 14.2. The van der Waals surface area contributed by atoms with E-state index in [1.54, 1.807) is 27.7 Å². The molecule has 1 saturated heterocycles. The summed E-state index contributed by atoms with van der Waals surface area (Å²) in [7, 11) is 4.82. The molecule has 2 aromatic carbocycles. The monoisotopic (exact) mass is 395 g/mol. The van der Waals surface area contributed by atoms with E-state index in [4.69, 9.17) is 18.9 Å². The lowest BCUT2D eigenvalue weighted by Gasteiger charge is -2.15. The molecule has 0 bridgehead atoms. The van der Waals surface area contributed by atoms with Gasteiger partial charge in [-0.05, 0) is 48.2 Å². The van der Waals surface area contributed by atoms with E-state index in [0.29, 0.717) is 17.2 Å². The molecular weight excluding hydrogens is 370 g/mol. The van der Waals surface area contributed by atoms with Crippen LogP contribution < -0.4 is 19.5 Å². The highest BCUT2D eigenvalue weighted by Gasteiger charge is 2.17. The van der Waals surface area contributed by atoms with Crippen LogP contribution in [0.2, 0.25) is 0 Å². The Hall–Kier alpha value is -3.06. The van der Waals surface area contributed by atoms with Gasteiger partial charge in [0.05, 0.1) is 33.0 Å². The van der Waals surface area contributed by atoms with Crippen LogP contribution in [-0.4, -0.2) is 50.6 Å². The fourth-order valence-corrected chi connectivity index (χ4v) is 3.64. The van der Waals surface area contributed by atoms with Crippen LogP contribution in [0.15, 0.2) is 36.7 Å². The Morgan fingerprint density at radius 1 is 1.00 bits per heavy atom. The summed E-state index contributed by atoms with van der Waals surface area (Å²) in [6.07, 6.45) is 4.01. The molecule has 1 unspecified atom stereocenters. The van der Waals surface area contributed by atoms with Crippen LogP contribution >= 0.6 is 0 Å². The van der Waals surface area contributed by atoms with Gasteiger partial charge in [0.25, 0.3) is 0 Å². The van der Waals surface area contributed by atoms with Gasteiger partial charge < -0.3 is 24.3 Å². The molecule has 0 radical (unpaired) electrons. The van der Waals surface area contributed by atoms with Crippen molar-refractivity contribution in [3.05, 3.63) is 36.7 Å². The molecular formula is C22H25N3O4. The molecule has 1 aromatic heterocycles. The molecule has 7 nitrogen and oxygen atoms in total. The van der Waals surface area contributed by atoms with Crippen molar-refractivity contribution in [3.63, 3.8) is 0 Å². The maximum atomic E-state index is 5.71. The molecule has 152 valence electrons. The molecule has 1 aliphatic heterocycles. The van der Waals surface area contributed by atoms with E-state index in [1.165, 1.54) is 0 Å². The van der Waals surface area contributed by atoms with Gasteiger partial charge in [0.15, 0.2) is 11.5 Å². The zero-order chi connectivity index (χ0) is 20.2. The van der Waals surface area contributed by atoms with Gasteiger partial charge in [-0.15, -0.1) is 0 Å². The maximum absolute atomic E-state index is 5.71. The fourth-order valence-electron chi connectivity index (χ4n) is 3.64. The smallest absolute Gasteiger partial charge is 0.203 e. The highest BCUT2D eigenvalue weighted by Crippen LogP contribution is 2.41. The van der Waals surface area contributed by atoms with Gasteiger partial charge in [0.2, 0.25) is 5.75 Å². The SMILES string of the molecule is COc1cc(-c2ccc3ncnc(NCC4CCCO4)c3c2)cc(OC)c1OC. The summed E-state index contributed by atoms with van der Waals surface area (Å²) in [5.41, 5.74) is 2.84. The van der Waals surface area contributed by atoms with E-state index in [-0.39, 0.29) is 6.10 Å². The maximum Gasteiger partial charge on any atom is 0.203 e. The van der Waals surface area contributed by atoms with Gasteiger partial charge in [-0.1, -0.05) is 6.07 Å². The molecule has 1 N–H and O–H groups in total. The predicted molar refractivity (Wildman–Crippen MR) is 112 cm³/mol. The predicted octanol–water partition coefficient (Wildman–Crippen LogP) is 3.91. The van der Waals surface area contributed by atoms with Crippen LogP contribution in [0.1, 0.15) is 12.8 Å². The second-order valence-corrected chi connectivity index (χ2v) is 6.88. The molecule has 1 atom stereocenters. The lowest BCUT2D eigenvalue weighted by Crippen LogP contribution is -2.19. The fraction of sp³-hybridized carbons (Fsp3) is 0.364. The molecule has 0 spiro atoms.